The van der Waals surface area contributed by atoms with Crippen LogP contribution in [0.15, 0.2) is 53.1 Å². The molecule has 6 heteroatoms. The lowest BCUT2D eigenvalue weighted by molar-refractivity contribution is -0.117. The number of anilines is 1. The van der Waals surface area contributed by atoms with Crippen molar-refractivity contribution in [1.29, 1.82) is 5.26 Å². The number of aromatic nitrogens is 2. The molecule has 0 aliphatic carbocycles. The predicted octanol–water partition coefficient (Wildman–Crippen LogP) is 3.69. The summed E-state index contributed by atoms with van der Waals surface area (Å²) in [4.78, 5) is 18.9. The van der Waals surface area contributed by atoms with Gasteiger partial charge in [-0.1, -0.05) is 36.3 Å². The Labute approximate surface area is 157 Å². The molecule has 2 heterocycles. The molecule has 2 aromatic carbocycles. The van der Waals surface area contributed by atoms with E-state index >= 15 is 0 Å². The van der Waals surface area contributed by atoms with Crippen molar-refractivity contribution in [3.63, 3.8) is 0 Å². The Kier molecular flexibility index (Phi) is 4.43. The van der Waals surface area contributed by atoms with Gasteiger partial charge < -0.3 is 9.42 Å². The molecule has 134 valence electrons. The monoisotopic (exact) mass is 358 g/mol. The van der Waals surface area contributed by atoms with Crippen molar-refractivity contribution in [2.75, 3.05) is 11.4 Å². The van der Waals surface area contributed by atoms with Crippen molar-refractivity contribution in [2.45, 2.75) is 25.7 Å². The molecule has 1 aromatic heterocycles. The number of nitrogens with zero attached hydrogens (tertiary/aromatic N) is 4. The number of hydrogen-bond donors (Lipinski definition) is 0. The number of benzene rings is 2. The molecule has 0 saturated carbocycles. The largest absolute Gasteiger partial charge is 0.334 e. The van der Waals surface area contributed by atoms with Gasteiger partial charge in [-0.05, 0) is 36.2 Å². The lowest BCUT2D eigenvalue weighted by Gasteiger charge is -2.19. The summed E-state index contributed by atoms with van der Waals surface area (Å²) in [7, 11) is 0. The molecule has 0 spiro atoms. The fraction of sp³-hybridized carbons (Fsp3) is 0.238. The first kappa shape index (κ1) is 17.0. The lowest BCUT2D eigenvalue weighted by atomic mass is 10.1. The van der Waals surface area contributed by atoms with E-state index in [1.165, 1.54) is 0 Å². The van der Waals surface area contributed by atoms with E-state index in [4.69, 9.17) is 9.78 Å². The van der Waals surface area contributed by atoms with Crippen LogP contribution in [0.3, 0.4) is 0 Å². The van der Waals surface area contributed by atoms with Gasteiger partial charge in [-0.25, -0.2) is 0 Å². The second-order valence-electron chi connectivity index (χ2n) is 6.54. The lowest BCUT2D eigenvalue weighted by Crippen LogP contribution is -2.25. The number of aryl methyl sites for hydroxylation is 1. The normalized spacial score (nSPS) is 16.5. The van der Waals surface area contributed by atoms with Gasteiger partial charge >= 0.3 is 0 Å². The van der Waals surface area contributed by atoms with Gasteiger partial charge in [0.05, 0.1) is 11.6 Å². The summed E-state index contributed by atoms with van der Waals surface area (Å²) in [6.07, 6.45) is 1.22. The van der Waals surface area contributed by atoms with E-state index in [9.17, 15) is 4.79 Å². The third kappa shape index (κ3) is 3.20. The Morgan fingerprint density at radius 3 is 2.93 bits per heavy atom. The van der Waals surface area contributed by atoms with E-state index < -0.39 is 0 Å². The molecule has 6 nitrogen and oxygen atoms in total. The second-order valence-corrected chi connectivity index (χ2v) is 6.54. The van der Waals surface area contributed by atoms with Crippen LogP contribution in [0.4, 0.5) is 5.69 Å². The fourth-order valence-electron chi connectivity index (χ4n) is 3.43. The zero-order chi connectivity index (χ0) is 18.8. The molecule has 1 fully saturated rings. The number of carbonyl (C=O) groups is 1. The molecule has 1 unspecified atom stereocenters. The minimum atomic E-state index is -0.112. The zero-order valence-electron chi connectivity index (χ0n) is 14.9. The first-order valence-corrected chi connectivity index (χ1v) is 8.92. The molecule has 1 aliphatic heterocycles. The van der Waals surface area contributed by atoms with Gasteiger partial charge in [0.2, 0.25) is 5.91 Å². The third-order valence-corrected chi connectivity index (χ3v) is 4.83. The average Bonchev–Trinajstić information content (AvgIpc) is 3.35. The molecule has 3 aromatic rings. The Balaban J connectivity index is 1.58. The number of carbonyl (C=O) groups excluding carboxylic acids is 1. The van der Waals surface area contributed by atoms with Crippen LogP contribution in [0.5, 0.6) is 0 Å². The van der Waals surface area contributed by atoms with Crippen molar-refractivity contribution in [1.82, 2.24) is 10.1 Å². The quantitative estimate of drug-likeness (QED) is 0.710. The summed E-state index contributed by atoms with van der Waals surface area (Å²) >= 11 is 0. The first-order chi connectivity index (χ1) is 13.2. The van der Waals surface area contributed by atoms with Crippen LogP contribution in [-0.4, -0.2) is 22.6 Å². The molecular weight excluding hydrogens is 340 g/mol. The zero-order valence-corrected chi connectivity index (χ0v) is 14.9. The summed E-state index contributed by atoms with van der Waals surface area (Å²) < 4.78 is 5.38. The molecule has 0 N–H and O–H groups in total. The number of para-hydroxylation sites is 1. The maximum absolute atomic E-state index is 12.6. The molecule has 1 aliphatic rings. The Morgan fingerprint density at radius 1 is 1.26 bits per heavy atom. The summed E-state index contributed by atoms with van der Waals surface area (Å²) in [5.41, 5.74) is 3.34. The molecule has 0 bridgehead atoms. The first-order valence-electron chi connectivity index (χ1n) is 8.92. The van der Waals surface area contributed by atoms with Crippen molar-refractivity contribution in [2.24, 2.45) is 0 Å². The van der Waals surface area contributed by atoms with Crippen LogP contribution in [0.2, 0.25) is 0 Å². The van der Waals surface area contributed by atoms with Crippen LogP contribution in [0, 0.1) is 11.3 Å². The summed E-state index contributed by atoms with van der Waals surface area (Å²) in [6, 6.07) is 17.1. The minimum Gasteiger partial charge on any atom is -0.334 e. The van der Waals surface area contributed by atoms with E-state index in [0.717, 1.165) is 17.7 Å². The predicted molar refractivity (Wildman–Crippen MR) is 100.0 cm³/mol. The highest BCUT2D eigenvalue weighted by molar-refractivity contribution is 5.97. The van der Waals surface area contributed by atoms with E-state index in [1.54, 1.807) is 18.2 Å². The maximum Gasteiger partial charge on any atom is 0.257 e. The summed E-state index contributed by atoms with van der Waals surface area (Å²) in [5, 5.41) is 13.1. The molecular formula is C21H18N4O2. The van der Waals surface area contributed by atoms with Gasteiger partial charge in [-0.2, -0.15) is 10.2 Å². The highest BCUT2D eigenvalue weighted by Crippen LogP contribution is 2.33. The van der Waals surface area contributed by atoms with Crippen molar-refractivity contribution in [3.05, 3.63) is 65.5 Å². The van der Waals surface area contributed by atoms with E-state index in [1.807, 2.05) is 35.2 Å². The van der Waals surface area contributed by atoms with Gasteiger partial charge in [0.1, 0.15) is 0 Å². The highest BCUT2D eigenvalue weighted by Gasteiger charge is 2.35. The Morgan fingerprint density at radius 2 is 2.11 bits per heavy atom. The summed E-state index contributed by atoms with van der Waals surface area (Å²) in [5.74, 6) is 0.844. The van der Waals surface area contributed by atoms with E-state index in [-0.39, 0.29) is 11.8 Å². The fourth-order valence-corrected chi connectivity index (χ4v) is 3.43. The van der Waals surface area contributed by atoms with Crippen LogP contribution < -0.4 is 4.90 Å². The third-order valence-electron chi connectivity index (χ3n) is 4.83. The summed E-state index contributed by atoms with van der Waals surface area (Å²) in [6.45, 7) is 2.62. The second kappa shape index (κ2) is 7.04. The van der Waals surface area contributed by atoms with Crippen molar-refractivity contribution >= 4 is 11.6 Å². The van der Waals surface area contributed by atoms with Gasteiger partial charge in [0.15, 0.2) is 5.82 Å². The minimum absolute atomic E-state index is 0.0683. The number of amides is 1. The van der Waals surface area contributed by atoms with Crippen molar-refractivity contribution < 1.29 is 9.32 Å². The van der Waals surface area contributed by atoms with Crippen LogP contribution in [0.25, 0.3) is 11.5 Å². The van der Waals surface area contributed by atoms with Gasteiger partial charge in [-0.15, -0.1) is 0 Å². The smallest absolute Gasteiger partial charge is 0.257 e. The molecule has 4 rings (SSSR count). The molecule has 1 saturated heterocycles. The number of rotatable bonds is 4. The van der Waals surface area contributed by atoms with Gasteiger partial charge in [-0.3, -0.25) is 4.79 Å². The molecule has 1 amide bonds. The molecule has 27 heavy (non-hydrogen) atoms. The van der Waals surface area contributed by atoms with Gasteiger partial charge in [0, 0.05) is 30.1 Å². The van der Waals surface area contributed by atoms with Crippen LogP contribution in [-0.2, 0) is 11.2 Å². The maximum atomic E-state index is 12.6. The highest BCUT2D eigenvalue weighted by atomic mass is 16.5. The van der Waals surface area contributed by atoms with Crippen LogP contribution >= 0.6 is 0 Å². The molecule has 1 atom stereocenters. The Bertz CT molecular complexity index is 1030. The van der Waals surface area contributed by atoms with E-state index in [0.29, 0.717) is 35.8 Å². The molecule has 0 radical (unpaired) electrons. The SMILES string of the molecule is CCc1ccccc1N1CC(c2noc(-c3cccc(C#N)c3)n2)CC1=O. The number of hydrogen-bond acceptors (Lipinski definition) is 5. The average molecular weight is 358 g/mol. The Hall–Kier alpha value is -3.46. The van der Waals surface area contributed by atoms with E-state index in [2.05, 4.69) is 23.1 Å². The van der Waals surface area contributed by atoms with Crippen LogP contribution in [0.1, 0.15) is 36.2 Å². The van der Waals surface area contributed by atoms with Gasteiger partial charge in [0.25, 0.3) is 5.89 Å². The topological polar surface area (TPSA) is 83.0 Å². The number of nitriles is 1. The van der Waals surface area contributed by atoms with Crippen molar-refractivity contribution in [3.8, 4) is 17.5 Å². The standard InChI is InChI=1S/C21H18N4O2/c1-2-15-7-3-4-9-18(15)25-13-17(11-19(25)26)20-23-21(27-24-20)16-8-5-6-14(10-16)12-22/h3-10,17H,2,11,13H2,1H3.